The van der Waals surface area contributed by atoms with Crippen molar-refractivity contribution in [1.82, 2.24) is 16.0 Å². The molecule has 4 N–H and O–H groups in total. The smallest absolute Gasteiger partial charge is 0.322 e. The number of carboxylic acid groups (broad SMARTS) is 1. The van der Waals surface area contributed by atoms with E-state index in [4.69, 9.17) is 5.11 Å². The molecule has 0 spiro atoms. The first-order valence-electron chi connectivity index (χ1n) is 7.79. The van der Waals surface area contributed by atoms with E-state index in [9.17, 15) is 14.4 Å². The predicted octanol–water partition coefficient (Wildman–Crippen LogP) is 0.105. The van der Waals surface area contributed by atoms with Gasteiger partial charge in [-0.25, -0.2) is 0 Å². The highest BCUT2D eigenvalue weighted by molar-refractivity contribution is 5.97. The molecule has 1 rings (SSSR count). The second kappa shape index (κ2) is 8.12. The molecular formula is C15H27N3O4. The fourth-order valence-electron chi connectivity index (χ4n) is 2.15. The molecular weight excluding hydrogens is 286 g/mol. The molecule has 3 atom stereocenters. The third-order valence-electron chi connectivity index (χ3n) is 3.49. The Morgan fingerprint density at radius 3 is 2.18 bits per heavy atom. The molecule has 22 heavy (non-hydrogen) atoms. The van der Waals surface area contributed by atoms with Crippen LogP contribution in [0.2, 0.25) is 0 Å². The molecule has 0 aromatic carbocycles. The van der Waals surface area contributed by atoms with Gasteiger partial charge in [0.1, 0.15) is 18.1 Å². The Kier molecular flexibility index (Phi) is 6.80. The second-order valence-corrected chi connectivity index (χ2v) is 6.62. The monoisotopic (exact) mass is 313 g/mol. The summed E-state index contributed by atoms with van der Waals surface area (Å²) >= 11 is 0. The van der Waals surface area contributed by atoms with E-state index in [0.717, 1.165) is 6.42 Å². The van der Waals surface area contributed by atoms with Crippen LogP contribution in [-0.2, 0) is 14.4 Å². The van der Waals surface area contributed by atoms with Crippen LogP contribution >= 0.6 is 0 Å². The molecule has 126 valence electrons. The van der Waals surface area contributed by atoms with Crippen LogP contribution in [0.3, 0.4) is 0 Å². The Hall–Kier alpha value is -1.63. The van der Waals surface area contributed by atoms with E-state index in [1.54, 1.807) is 0 Å². The van der Waals surface area contributed by atoms with Crippen LogP contribution in [-0.4, -0.2) is 47.6 Å². The lowest BCUT2D eigenvalue weighted by Crippen LogP contribution is -2.49. The summed E-state index contributed by atoms with van der Waals surface area (Å²) in [6, 6.07) is -2.21. The van der Waals surface area contributed by atoms with Crippen molar-refractivity contribution >= 4 is 17.8 Å². The van der Waals surface area contributed by atoms with E-state index >= 15 is 0 Å². The molecule has 1 heterocycles. The van der Waals surface area contributed by atoms with Gasteiger partial charge in [0.25, 0.3) is 0 Å². The van der Waals surface area contributed by atoms with Gasteiger partial charge in [-0.1, -0.05) is 27.7 Å². The number of aliphatic carboxylic acids is 1. The van der Waals surface area contributed by atoms with Gasteiger partial charge in [0.15, 0.2) is 0 Å². The summed E-state index contributed by atoms with van der Waals surface area (Å²) in [5.41, 5.74) is 0. The van der Waals surface area contributed by atoms with Gasteiger partial charge in [-0.05, 0) is 24.7 Å². The number of hydrogen-bond acceptors (Lipinski definition) is 4. The Balaban J connectivity index is 2.51. The van der Waals surface area contributed by atoms with Crippen LogP contribution in [0.4, 0.5) is 0 Å². The van der Waals surface area contributed by atoms with Crippen molar-refractivity contribution in [2.75, 3.05) is 6.54 Å². The van der Waals surface area contributed by atoms with Gasteiger partial charge in [-0.15, -0.1) is 0 Å². The number of carboxylic acids is 1. The van der Waals surface area contributed by atoms with Crippen LogP contribution in [0.15, 0.2) is 0 Å². The van der Waals surface area contributed by atoms with Crippen LogP contribution < -0.4 is 16.0 Å². The van der Waals surface area contributed by atoms with Gasteiger partial charge in [0.05, 0.1) is 0 Å². The average molecular weight is 313 g/mol. The van der Waals surface area contributed by atoms with E-state index in [0.29, 0.717) is 18.9 Å². The van der Waals surface area contributed by atoms with Crippen molar-refractivity contribution in [2.24, 2.45) is 11.8 Å². The lowest BCUT2D eigenvalue weighted by molar-refractivity contribution is -0.137. The normalized spacial score (nSPS) is 21.5. The molecule has 0 radical (unpaired) electrons. The highest BCUT2D eigenvalue weighted by Crippen LogP contribution is 2.13. The van der Waals surface area contributed by atoms with Gasteiger partial charge in [0.2, 0.25) is 11.8 Å². The number of carbonyl (C=O) groups is 3. The van der Waals surface area contributed by atoms with E-state index in [2.05, 4.69) is 29.8 Å². The van der Waals surface area contributed by atoms with Crippen molar-refractivity contribution < 1.29 is 19.5 Å². The van der Waals surface area contributed by atoms with Crippen LogP contribution in [0, 0.1) is 11.8 Å². The predicted molar refractivity (Wildman–Crippen MR) is 82.2 cm³/mol. The van der Waals surface area contributed by atoms with Gasteiger partial charge in [-0.2, -0.15) is 0 Å². The largest absolute Gasteiger partial charge is 0.480 e. The third kappa shape index (κ3) is 6.01. The minimum atomic E-state index is -1.05. The number of carbonyl (C=O) groups excluding carboxylic acids is 2. The molecule has 7 nitrogen and oxygen atoms in total. The third-order valence-corrected chi connectivity index (χ3v) is 3.49. The number of rotatable bonds is 9. The van der Waals surface area contributed by atoms with E-state index in [-0.39, 0.29) is 11.8 Å². The van der Waals surface area contributed by atoms with Crippen LogP contribution in [0.5, 0.6) is 0 Å². The minimum absolute atomic E-state index is 0.213. The van der Waals surface area contributed by atoms with Crippen LogP contribution in [0.1, 0.15) is 40.5 Å². The lowest BCUT2D eigenvalue weighted by atomic mass is 10.0. The topological polar surface area (TPSA) is 117 Å². The standard InChI is InChI=1S/C15H27N3O4/c1-8(2)5-6-16-13(19)10(7-9(3)4)17-14(20)11-12(18-11)15(21)22/h8-12,18H,5-7H2,1-4H3,(H,16,19)(H,17,20)(H,21,22)/t10-,11-,12-/m0/s1. The number of amides is 2. The van der Waals surface area contributed by atoms with Gasteiger partial charge in [0, 0.05) is 6.54 Å². The summed E-state index contributed by atoms with van der Waals surface area (Å²) in [5, 5.41) is 16.9. The first-order valence-corrected chi connectivity index (χ1v) is 7.79. The highest BCUT2D eigenvalue weighted by Gasteiger charge is 2.48. The van der Waals surface area contributed by atoms with Crippen LogP contribution in [0.25, 0.3) is 0 Å². The first-order chi connectivity index (χ1) is 10.2. The fraction of sp³-hybridized carbons (Fsp3) is 0.800. The summed E-state index contributed by atoms with van der Waals surface area (Å²) in [5.74, 6) is -0.969. The quantitative estimate of drug-likeness (QED) is 0.451. The van der Waals surface area contributed by atoms with Crippen molar-refractivity contribution in [3.8, 4) is 0 Å². The van der Waals surface area contributed by atoms with E-state index in [1.807, 2.05) is 13.8 Å². The Labute approximate surface area is 131 Å². The summed E-state index contributed by atoms with van der Waals surface area (Å²) in [6.45, 7) is 8.65. The fourth-order valence-corrected chi connectivity index (χ4v) is 2.15. The summed E-state index contributed by atoms with van der Waals surface area (Å²) in [6.07, 6.45) is 1.39. The molecule has 1 fully saturated rings. The van der Waals surface area contributed by atoms with Gasteiger partial charge in [-0.3, -0.25) is 19.7 Å². The van der Waals surface area contributed by atoms with Gasteiger partial charge < -0.3 is 15.7 Å². The zero-order chi connectivity index (χ0) is 16.9. The Morgan fingerprint density at radius 1 is 1.09 bits per heavy atom. The molecule has 1 saturated heterocycles. The van der Waals surface area contributed by atoms with Gasteiger partial charge >= 0.3 is 5.97 Å². The summed E-state index contributed by atoms with van der Waals surface area (Å²) < 4.78 is 0. The maximum Gasteiger partial charge on any atom is 0.322 e. The first kappa shape index (κ1) is 18.4. The summed E-state index contributed by atoms with van der Waals surface area (Å²) in [4.78, 5) is 34.9. The summed E-state index contributed by atoms with van der Waals surface area (Å²) in [7, 11) is 0. The van der Waals surface area contributed by atoms with E-state index < -0.39 is 30.0 Å². The van der Waals surface area contributed by atoms with Crippen molar-refractivity contribution in [3.05, 3.63) is 0 Å². The number of hydrogen-bond donors (Lipinski definition) is 4. The van der Waals surface area contributed by atoms with Crippen molar-refractivity contribution in [1.29, 1.82) is 0 Å². The molecule has 1 aliphatic rings. The SMILES string of the molecule is CC(C)CCNC(=O)[C@H](CC(C)C)NC(=O)[C@H]1N[C@@H]1C(=O)O. The maximum atomic E-state index is 12.2. The molecule has 2 amide bonds. The zero-order valence-corrected chi connectivity index (χ0v) is 13.7. The van der Waals surface area contributed by atoms with Crippen molar-refractivity contribution in [2.45, 2.75) is 58.7 Å². The molecule has 7 heteroatoms. The molecule has 0 aromatic heterocycles. The van der Waals surface area contributed by atoms with E-state index in [1.165, 1.54) is 0 Å². The molecule has 1 aliphatic heterocycles. The highest BCUT2D eigenvalue weighted by atomic mass is 16.4. The molecule has 0 bridgehead atoms. The Bertz CT molecular complexity index is 423. The van der Waals surface area contributed by atoms with Crippen molar-refractivity contribution in [3.63, 3.8) is 0 Å². The molecule has 0 aromatic rings. The minimum Gasteiger partial charge on any atom is -0.480 e. The second-order valence-electron chi connectivity index (χ2n) is 6.62. The molecule has 0 saturated carbocycles. The maximum absolute atomic E-state index is 12.2. The zero-order valence-electron chi connectivity index (χ0n) is 13.7. The molecule has 0 unspecified atom stereocenters. The average Bonchev–Trinajstić information content (AvgIpc) is 3.16. The lowest BCUT2D eigenvalue weighted by Gasteiger charge is -2.20. The number of nitrogens with one attached hydrogen (secondary N) is 3. The Morgan fingerprint density at radius 2 is 1.73 bits per heavy atom. The molecule has 0 aliphatic carbocycles.